The van der Waals surface area contributed by atoms with Crippen LogP contribution in [0.1, 0.15) is 15.3 Å². The van der Waals surface area contributed by atoms with Gasteiger partial charge in [-0.05, 0) is 67.9 Å². The zero-order valence-corrected chi connectivity index (χ0v) is 23.8. The quantitative estimate of drug-likeness (QED) is 0.228. The van der Waals surface area contributed by atoms with E-state index in [4.69, 9.17) is 4.98 Å². The molecule has 2 N–H and O–H groups in total. The minimum Gasteiger partial charge on any atom is -0.369 e. The van der Waals surface area contributed by atoms with E-state index in [2.05, 4.69) is 86.6 Å². The van der Waals surface area contributed by atoms with Crippen LogP contribution in [0.2, 0.25) is 0 Å². The molecule has 8 nitrogen and oxygen atoms in total. The van der Waals surface area contributed by atoms with Crippen molar-refractivity contribution in [3.63, 3.8) is 0 Å². The number of anilines is 2. The van der Waals surface area contributed by atoms with Crippen LogP contribution in [0.3, 0.4) is 0 Å². The number of likely N-dealkylation sites (N-methyl/N-ethyl adjacent to an activating group) is 1. The van der Waals surface area contributed by atoms with Gasteiger partial charge in [0.15, 0.2) is 0 Å². The van der Waals surface area contributed by atoms with Crippen LogP contribution >= 0.6 is 0 Å². The maximum atomic E-state index is 12.2. The third kappa shape index (κ3) is 5.26. The van der Waals surface area contributed by atoms with Crippen LogP contribution < -0.4 is 10.2 Å². The zero-order valence-electron chi connectivity index (χ0n) is 23.8. The number of carbonyl (C=O) groups excluding carboxylic acids is 1. The SMILES string of the molecule is C=CC(=O)Nc1cc(-c2c(-c3ccc(N4CCN(C)CC4)cc3)[nH]c3ncc(-c4cn(CC)cn4)cc23)ccc1C.[HH].[HH]. The van der Waals surface area contributed by atoms with Crippen molar-refractivity contribution in [2.75, 3.05) is 43.4 Å². The number of piperazine rings is 1. The third-order valence-corrected chi connectivity index (χ3v) is 7.94. The lowest BCUT2D eigenvalue weighted by Crippen LogP contribution is -2.44. The van der Waals surface area contributed by atoms with Gasteiger partial charge in [0.25, 0.3) is 0 Å². The van der Waals surface area contributed by atoms with Gasteiger partial charge in [-0.25, -0.2) is 9.97 Å². The number of aromatic nitrogens is 4. The second kappa shape index (κ2) is 11.1. The maximum Gasteiger partial charge on any atom is 0.247 e. The summed E-state index contributed by atoms with van der Waals surface area (Å²) in [6, 6.07) is 17.1. The Balaban J connectivity index is 0.00000212. The molecule has 5 aromatic rings. The number of pyridine rings is 1. The van der Waals surface area contributed by atoms with E-state index in [1.807, 2.05) is 37.8 Å². The number of fused-ring (bicyclic) bond motifs is 1. The minimum atomic E-state index is -0.237. The Morgan fingerprint density at radius 3 is 2.51 bits per heavy atom. The predicted octanol–water partition coefficient (Wildman–Crippen LogP) is 6.46. The normalized spacial score (nSPS) is 14.0. The highest BCUT2D eigenvalue weighted by molar-refractivity contribution is 6.05. The average Bonchev–Trinajstić information content (AvgIpc) is 3.63. The Hall–Kier alpha value is -4.69. The number of hydrogen-bond acceptors (Lipinski definition) is 5. The first-order chi connectivity index (χ1) is 19.9. The monoisotopic (exact) mass is 549 g/mol. The van der Waals surface area contributed by atoms with Crippen LogP contribution in [0.5, 0.6) is 0 Å². The van der Waals surface area contributed by atoms with Gasteiger partial charge in [-0.15, -0.1) is 0 Å². The molecular weight excluding hydrogens is 510 g/mol. The molecular formula is C33H39N7O. The highest BCUT2D eigenvalue weighted by Crippen LogP contribution is 2.40. The van der Waals surface area contributed by atoms with Gasteiger partial charge in [0, 0.05) is 75.9 Å². The van der Waals surface area contributed by atoms with E-state index in [-0.39, 0.29) is 8.76 Å². The summed E-state index contributed by atoms with van der Waals surface area (Å²) in [6.45, 7) is 12.7. The molecule has 0 radical (unpaired) electrons. The molecule has 0 aliphatic carbocycles. The molecule has 1 amide bonds. The zero-order chi connectivity index (χ0) is 28.5. The van der Waals surface area contributed by atoms with Gasteiger partial charge in [0.1, 0.15) is 5.65 Å². The lowest BCUT2D eigenvalue weighted by Gasteiger charge is -2.34. The van der Waals surface area contributed by atoms with Crippen molar-refractivity contribution in [2.24, 2.45) is 0 Å². The predicted molar refractivity (Wildman–Crippen MR) is 171 cm³/mol. The van der Waals surface area contributed by atoms with Gasteiger partial charge in [-0.2, -0.15) is 0 Å². The fourth-order valence-electron chi connectivity index (χ4n) is 5.41. The van der Waals surface area contributed by atoms with Crippen molar-refractivity contribution in [3.8, 4) is 33.6 Å². The van der Waals surface area contributed by atoms with E-state index in [1.54, 1.807) is 0 Å². The molecule has 3 aromatic heterocycles. The van der Waals surface area contributed by atoms with E-state index < -0.39 is 0 Å². The number of H-pyrrole nitrogens is 1. The van der Waals surface area contributed by atoms with E-state index >= 15 is 0 Å². The third-order valence-electron chi connectivity index (χ3n) is 7.94. The summed E-state index contributed by atoms with van der Waals surface area (Å²) in [4.78, 5) is 30.0. The van der Waals surface area contributed by atoms with Crippen LogP contribution in [-0.4, -0.2) is 63.6 Å². The van der Waals surface area contributed by atoms with Gasteiger partial charge in [0.2, 0.25) is 5.91 Å². The van der Waals surface area contributed by atoms with E-state index in [0.29, 0.717) is 0 Å². The molecule has 1 saturated heterocycles. The molecule has 2 aromatic carbocycles. The molecule has 0 bridgehead atoms. The number of benzene rings is 2. The Labute approximate surface area is 243 Å². The van der Waals surface area contributed by atoms with Gasteiger partial charge in [-0.3, -0.25) is 4.79 Å². The summed E-state index contributed by atoms with van der Waals surface area (Å²) < 4.78 is 2.06. The van der Waals surface area contributed by atoms with Gasteiger partial charge < -0.3 is 24.7 Å². The molecule has 6 rings (SSSR count). The summed E-state index contributed by atoms with van der Waals surface area (Å²) in [5, 5.41) is 3.96. The standard InChI is InChI=1S/C33H35N7O.2H2/c1-5-30(41)36-28-18-24(8-7-22(28)3)31-27-17-25(29-20-39(6-2)21-35-29)19-34-33(27)37-32(31)23-9-11-26(12-10-23)40-15-13-38(4)14-16-40;;/h5,7-12,17-21H,1,6,13-16H2,2-4H3,(H,34,37)(H,36,41);2*1H. The first-order valence-electron chi connectivity index (χ1n) is 14.1. The summed E-state index contributed by atoms with van der Waals surface area (Å²) in [7, 11) is 2.17. The number of imidazole rings is 1. The first kappa shape index (κ1) is 26.5. The van der Waals surface area contributed by atoms with Gasteiger partial charge in [0.05, 0.1) is 17.7 Å². The number of carbonyl (C=O) groups is 1. The Morgan fingerprint density at radius 2 is 1.80 bits per heavy atom. The fourth-order valence-corrected chi connectivity index (χ4v) is 5.41. The lowest BCUT2D eigenvalue weighted by molar-refractivity contribution is -0.111. The first-order valence-corrected chi connectivity index (χ1v) is 14.1. The Kier molecular flexibility index (Phi) is 7.15. The number of hydrogen-bond donors (Lipinski definition) is 2. The summed E-state index contributed by atoms with van der Waals surface area (Å²) >= 11 is 0. The Bertz CT molecular complexity index is 1730. The fraction of sp³-hybridized carbons (Fsp3) is 0.242. The smallest absolute Gasteiger partial charge is 0.247 e. The van der Waals surface area contributed by atoms with E-state index in [1.165, 1.54) is 11.8 Å². The lowest BCUT2D eigenvalue weighted by atomic mass is 9.96. The summed E-state index contributed by atoms with van der Waals surface area (Å²) in [5.74, 6) is -0.237. The van der Waals surface area contributed by atoms with Crippen molar-refractivity contribution >= 4 is 28.3 Å². The molecule has 41 heavy (non-hydrogen) atoms. The van der Waals surface area contributed by atoms with Crippen LogP contribution in [-0.2, 0) is 11.3 Å². The van der Waals surface area contributed by atoms with Crippen LogP contribution in [0.15, 0.2) is 79.9 Å². The minimum absolute atomic E-state index is 0. The average molecular weight is 550 g/mol. The number of aromatic amines is 1. The molecule has 0 atom stereocenters. The van der Waals surface area contributed by atoms with E-state index in [9.17, 15) is 4.79 Å². The van der Waals surface area contributed by atoms with Crippen molar-refractivity contribution in [3.05, 3.63) is 85.5 Å². The number of nitrogens with one attached hydrogen (secondary N) is 2. The van der Waals surface area contributed by atoms with Crippen LogP contribution in [0.4, 0.5) is 11.4 Å². The number of aryl methyl sites for hydroxylation is 2. The van der Waals surface area contributed by atoms with Crippen LogP contribution in [0, 0.1) is 6.92 Å². The van der Waals surface area contributed by atoms with Crippen molar-refractivity contribution in [1.29, 1.82) is 0 Å². The highest BCUT2D eigenvalue weighted by atomic mass is 16.1. The molecule has 1 fully saturated rings. The summed E-state index contributed by atoms with van der Waals surface area (Å²) in [5.41, 5.74) is 9.68. The largest absolute Gasteiger partial charge is 0.369 e. The molecule has 0 spiro atoms. The number of rotatable bonds is 7. The summed E-state index contributed by atoms with van der Waals surface area (Å²) in [6.07, 6.45) is 7.05. The molecule has 1 aliphatic heterocycles. The molecule has 1 aliphatic rings. The molecule has 0 saturated carbocycles. The van der Waals surface area contributed by atoms with Gasteiger partial charge in [-0.1, -0.05) is 30.8 Å². The van der Waals surface area contributed by atoms with Gasteiger partial charge >= 0.3 is 0 Å². The van der Waals surface area contributed by atoms with Crippen molar-refractivity contribution in [1.82, 2.24) is 24.4 Å². The Morgan fingerprint density at radius 1 is 1.05 bits per heavy atom. The molecule has 212 valence electrons. The molecule has 0 unspecified atom stereocenters. The van der Waals surface area contributed by atoms with E-state index in [0.717, 1.165) is 88.6 Å². The molecule has 4 heterocycles. The molecule has 8 heteroatoms. The maximum absolute atomic E-state index is 12.2. The topological polar surface area (TPSA) is 82.1 Å². The van der Waals surface area contributed by atoms with Crippen molar-refractivity contribution in [2.45, 2.75) is 20.4 Å². The second-order valence-corrected chi connectivity index (χ2v) is 10.6. The highest BCUT2D eigenvalue weighted by Gasteiger charge is 2.20. The van der Waals surface area contributed by atoms with Crippen LogP contribution in [0.25, 0.3) is 44.7 Å². The second-order valence-electron chi connectivity index (χ2n) is 10.6. The number of amides is 1. The van der Waals surface area contributed by atoms with Crippen molar-refractivity contribution < 1.29 is 7.65 Å². The number of nitrogens with zero attached hydrogens (tertiary/aromatic N) is 5.